The van der Waals surface area contributed by atoms with Crippen molar-refractivity contribution < 1.29 is 13.2 Å². The number of piperidine rings is 1. The Balaban J connectivity index is 2.24. The van der Waals surface area contributed by atoms with Crippen LogP contribution in [0.3, 0.4) is 0 Å². The van der Waals surface area contributed by atoms with E-state index in [0.717, 1.165) is 37.0 Å². The van der Waals surface area contributed by atoms with Crippen LogP contribution in [-0.2, 0) is 10.0 Å². The molecule has 0 saturated carbocycles. The number of hydrogen-bond acceptors (Lipinski definition) is 4. The summed E-state index contributed by atoms with van der Waals surface area (Å²) in [4.78, 5) is 0.313. The average Bonchev–Trinajstić information content (AvgIpc) is 2.51. The summed E-state index contributed by atoms with van der Waals surface area (Å²) in [5, 5.41) is 3.59. The standard InChI is InChI=1S/C22H38N2O3S/c1-8-9-12-27-20-11-10-18(13-19(20)16(2)3)28(25,26)23-17-14-21(4,5)24-22(6,7)15-17/h10-11,13,16-17,23-24H,8-9,12,14-15H2,1-7H3. The first-order valence-electron chi connectivity index (χ1n) is 10.4. The molecule has 6 heteroatoms. The highest BCUT2D eigenvalue weighted by molar-refractivity contribution is 7.89. The molecule has 0 atom stereocenters. The summed E-state index contributed by atoms with van der Waals surface area (Å²) in [6.07, 6.45) is 3.56. The van der Waals surface area contributed by atoms with Crippen molar-refractivity contribution in [3.8, 4) is 5.75 Å². The molecule has 0 spiro atoms. The second-order valence-corrected chi connectivity index (χ2v) is 11.4. The fraction of sp³-hybridized carbons (Fsp3) is 0.727. The number of hydrogen-bond donors (Lipinski definition) is 2. The van der Waals surface area contributed by atoms with E-state index < -0.39 is 10.0 Å². The molecule has 1 saturated heterocycles. The Morgan fingerprint density at radius 1 is 1.18 bits per heavy atom. The van der Waals surface area contributed by atoms with Gasteiger partial charge in [0.2, 0.25) is 10.0 Å². The smallest absolute Gasteiger partial charge is 0.240 e. The van der Waals surface area contributed by atoms with E-state index in [9.17, 15) is 8.42 Å². The summed E-state index contributed by atoms with van der Waals surface area (Å²) in [5.74, 6) is 0.968. The van der Waals surface area contributed by atoms with Crippen LogP contribution < -0.4 is 14.8 Å². The van der Waals surface area contributed by atoms with Gasteiger partial charge < -0.3 is 10.1 Å². The third kappa shape index (κ3) is 6.19. The second kappa shape index (κ2) is 8.72. The van der Waals surface area contributed by atoms with Gasteiger partial charge in [0.1, 0.15) is 5.75 Å². The summed E-state index contributed by atoms with van der Waals surface area (Å²) in [6, 6.07) is 5.13. The van der Waals surface area contributed by atoms with Crippen molar-refractivity contribution in [2.24, 2.45) is 0 Å². The first-order chi connectivity index (χ1) is 12.9. The molecule has 5 nitrogen and oxygen atoms in total. The Morgan fingerprint density at radius 3 is 2.32 bits per heavy atom. The summed E-state index contributed by atoms with van der Waals surface area (Å²) in [6.45, 7) is 15.4. The normalized spacial score (nSPS) is 19.7. The van der Waals surface area contributed by atoms with Crippen LogP contribution in [0.15, 0.2) is 23.1 Å². The Bertz CT molecular complexity index is 754. The molecule has 1 aromatic rings. The van der Waals surface area contributed by atoms with Crippen molar-refractivity contribution >= 4 is 10.0 Å². The predicted octanol–water partition coefficient (Wildman–Crippen LogP) is 4.58. The van der Waals surface area contributed by atoms with Gasteiger partial charge in [0, 0.05) is 17.1 Å². The van der Waals surface area contributed by atoms with E-state index in [-0.39, 0.29) is 23.0 Å². The largest absolute Gasteiger partial charge is 0.493 e. The number of unbranched alkanes of at least 4 members (excludes halogenated alkanes) is 1. The maximum Gasteiger partial charge on any atom is 0.240 e. The van der Waals surface area contributed by atoms with Crippen LogP contribution in [0.1, 0.15) is 85.6 Å². The maximum absolute atomic E-state index is 13.1. The zero-order valence-electron chi connectivity index (χ0n) is 18.6. The van der Waals surface area contributed by atoms with E-state index in [4.69, 9.17) is 4.74 Å². The van der Waals surface area contributed by atoms with Gasteiger partial charge in [0.05, 0.1) is 11.5 Å². The topological polar surface area (TPSA) is 67.4 Å². The molecule has 0 unspecified atom stereocenters. The fourth-order valence-corrected chi connectivity index (χ4v) is 5.57. The van der Waals surface area contributed by atoms with Crippen LogP contribution in [0.5, 0.6) is 5.75 Å². The Morgan fingerprint density at radius 2 is 1.79 bits per heavy atom. The fourth-order valence-electron chi connectivity index (χ4n) is 4.30. The minimum absolute atomic E-state index is 0.0979. The number of ether oxygens (including phenoxy) is 1. The van der Waals surface area contributed by atoms with Crippen LogP contribution in [0, 0.1) is 0 Å². The summed E-state index contributed by atoms with van der Waals surface area (Å²) in [7, 11) is -3.59. The first kappa shape index (κ1) is 23.2. The molecule has 1 heterocycles. The van der Waals surface area contributed by atoms with Crippen LogP contribution in [0.25, 0.3) is 0 Å². The Labute approximate surface area is 171 Å². The van der Waals surface area contributed by atoms with Gasteiger partial charge in [-0.25, -0.2) is 13.1 Å². The summed E-state index contributed by atoms with van der Waals surface area (Å²) >= 11 is 0. The summed E-state index contributed by atoms with van der Waals surface area (Å²) < 4.78 is 35.0. The quantitative estimate of drug-likeness (QED) is 0.616. The highest BCUT2D eigenvalue weighted by Crippen LogP contribution is 2.32. The zero-order chi connectivity index (χ0) is 21.2. The lowest BCUT2D eigenvalue weighted by Gasteiger charge is -2.46. The van der Waals surface area contributed by atoms with Gasteiger partial charge in [-0.2, -0.15) is 0 Å². The van der Waals surface area contributed by atoms with E-state index in [1.807, 2.05) is 0 Å². The molecule has 28 heavy (non-hydrogen) atoms. The maximum atomic E-state index is 13.1. The second-order valence-electron chi connectivity index (χ2n) is 9.68. The van der Waals surface area contributed by atoms with Crippen LogP contribution in [0.4, 0.5) is 0 Å². The zero-order valence-corrected chi connectivity index (χ0v) is 19.4. The van der Waals surface area contributed by atoms with Gasteiger partial charge in [-0.15, -0.1) is 0 Å². The van der Waals surface area contributed by atoms with Gasteiger partial charge in [-0.1, -0.05) is 27.2 Å². The Kier molecular flexibility index (Phi) is 7.22. The van der Waals surface area contributed by atoms with Gasteiger partial charge >= 0.3 is 0 Å². The lowest BCUT2D eigenvalue weighted by Crippen LogP contribution is -2.62. The molecule has 1 aromatic carbocycles. The van der Waals surface area contributed by atoms with Crippen molar-refractivity contribution in [2.75, 3.05) is 6.61 Å². The lowest BCUT2D eigenvalue weighted by atomic mass is 9.80. The van der Waals surface area contributed by atoms with Crippen LogP contribution in [0.2, 0.25) is 0 Å². The van der Waals surface area contributed by atoms with Crippen LogP contribution in [-0.4, -0.2) is 32.1 Å². The lowest BCUT2D eigenvalue weighted by molar-refractivity contribution is 0.157. The molecule has 0 radical (unpaired) electrons. The molecule has 1 aliphatic rings. The number of nitrogens with one attached hydrogen (secondary N) is 2. The predicted molar refractivity (Wildman–Crippen MR) is 116 cm³/mol. The number of benzene rings is 1. The molecule has 2 N–H and O–H groups in total. The molecule has 1 aliphatic heterocycles. The average molecular weight is 411 g/mol. The first-order valence-corrected chi connectivity index (χ1v) is 11.9. The van der Waals surface area contributed by atoms with E-state index >= 15 is 0 Å². The van der Waals surface area contributed by atoms with E-state index in [1.54, 1.807) is 18.2 Å². The Hall–Kier alpha value is -1.11. The molecule has 0 bridgehead atoms. The minimum atomic E-state index is -3.59. The molecule has 160 valence electrons. The van der Waals surface area contributed by atoms with Gasteiger partial charge in [0.25, 0.3) is 0 Å². The molecule has 0 aromatic heterocycles. The van der Waals surface area contributed by atoms with Crippen LogP contribution >= 0.6 is 0 Å². The number of sulfonamides is 1. The van der Waals surface area contributed by atoms with Gasteiger partial charge in [-0.05, 0) is 76.6 Å². The van der Waals surface area contributed by atoms with Crippen molar-refractivity contribution in [1.82, 2.24) is 10.0 Å². The third-order valence-corrected chi connectivity index (χ3v) is 6.70. The van der Waals surface area contributed by atoms with E-state index in [1.165, 1.54) is 0 Å². The SMILES string of the molecule is CCCCOc1ccc(S(=O)(=O)NC2CC(C)(C)NC(C)(C)C2)cc1C(C)C. The van der Waals surface area contributed by atoms with Gasteiger partial charge in [-0.3, -0.25) is 0 Å². The molecule has 0 aliphatic carbocycles. The summed E-state index contributed by atoms with van der Waals surface area (Å²) in [5.41, 5.74) is 0.703. The van der Waals surface area contributed by atoms with Crippen molar-refractivity contribution in [1.29, 1.82) is 0 Å². The van der Waals surface area contributed by atoms with Crippen molar-refractivity contribution in [3.63, 3.8) is 0 Å². The molecule has 2 rings (SSSR count). The molecule has 0 amide bonds. The molecular weight excluding hydrogens is 372 g/mol. The van der Waals surface area contributed by atoms with Gasteiger partial charge in [0.15, 0.2) is 0 Å². The molecule has 1 fully saturated rings. The minimum Gasteiger partial charge on any atom is -0.493 e. The van der Waals surface area contributed by atoms with E-state index in [0.29, 0.717) is 11.5 Å². The highest BCUT2D eigenvalue weighted by Gasteiger charge is 2.39. The third-order valence-electron chi connectivity index (χ3n) is 5.18. The van der Waals surface area contributed by atoms with E-state index in [2.05, 4.69) is 58.5 Å². The number of rotatable bonds is 8. The van der Waals surface area contributed by atoms with Crippen molar-refractivity contribution in [3.05, 3.63) is 23.8 Å². The van der Waals surface area contributed by atoms with Crippen molar-refractivity contribution in [2.45, 2.75) is 102 Å². The highest BCUT2D eigenvalue weighted by atomic mass is 32.2. The molecular formula is C22H38N2O3S. The monoisotopic (exact) mass is 410 g/mol.